The van der Waals surface area contributed by atoms with Crippen molar-refractivity contribution in [1.82, 2.24) is 0 Å². The van der Waals surface area contributed by atoms with Crippen molar-refractivity contribution >= 4 is 28.9 Å². The SMILES string of the molecule is Cc1ccc(C)c(NC(=O)C[NH+]2CCN(c3cccc(Cl)c3)CC2)c1. The molecule has 0 saturated carbocycles. The first-order chi connectivity index (χ1) is 12.0. The molecule has 1 aliphatic heterocycles. The lowest BCUT2D eigenvalue weighted by molar-refractivity contribution is -0.892. The van der Waals surface area contributed by atoms with Gasteiger partial charge in [0.1, 0.15) is 0 Å². The van der Waals surface area contributed by atoms with Crippen LogP contribution in [0.25, 0.3) is 0 Å². The van der Waals surface area contributed by atoms with E-state index in [1.54, 1.807) is 0 Å². The third-order valence-electron chi connectivity index (χ3n) is 4.72. The van der Waals surface area contributed by atoms with Crippen LogP contribution in [0.15, 0.2) is 42.5 Å². The Morgan fingerprint density at radius 1 is 1.16 bits per heavy atom. The Morgan fingerprint density at radius 2 is 1.92 bits per heavy atom. The van der Waals surface area contributed by atoms with Gasteiger partial charge in [0.25, 0.3) is 5.91 Å². The molecule has 0 spiro atoms. The van der Waals surface area contributed by atoms with Crippen molar-refractivity contribution in [2.75, 3.05) is 42.9 Å². The van der Waals surface area contributed by atoms with Crippen molar-refractivity contribution in [1.29, 1.82) is 0 Å². The van der Waals surface area contributed by atoms with E-state index in [1.165, 1.54) is 4.90 Å². The average Bonchev–Trinajstić information content (AvgIpc) is 2.59. The number of amides is 1. The van der Waals surface area contributed by atoms with Crippen LogP contribution in [0.2, 0.25) is 5.02 Å². The number of carbonyl (C=O) groups excluding carboxylic acids is 1. The lowest BCUT2D eigenvalue weighted by Crippen LogP contribution is -3.15. The summed E-state index contributed by atoms with van der Waals surface area (Å²) in [6, 6.07) is 14.1. The molecule has 2 N–H and O–H groups in total. The molecule has 5 heteroatoms. The van der Waals surface area contributed by atoms with Crippen molar-refractivity contribution in [3.63, 3.8) is 0 Å². The Kier molecular flexibility index (Phi) is 5.61. The molecule has 132 valence electrons. The second kappa shape index (κ2) is 7.89. The predicted molar refractivity (Wildman–Crippen MR) is 104 cm³/mol. The van der Waals surface area contributed by atoms with Crippen molar-refractivity contribution in [3.05, 3.63) is 58.6 Å². The summed E-state index contributed by atoms with van der Waals surface area (Å²) in [5.74, 6) is 0.0832. The molecule has 2 aromatic rings. The molecule has 1 amide bonds. The number of anilines is 2. The summed E-state index contributed by atoms with van der Waals surface area (Å²) < 4.78 is 0. The van der Waals surface area contributed by atoms with Crippen LogP contribution < -0.4 is 15.1 Å². The molecule has 4 nitrogen and oxygen atoms in total. The zero-order chi connectivity index (χ0) is 17.8. The van der Waals surface area contributed by atoms with Crippen LogP contribution in [-0.2, 0) is 4.79 Å². The topological polar surface area (TPSA) is 36.8 Å². The number of benzene rings is 2. The Morgan fingerprint density at radius 3 is 2.64 bits per heavy atom. The van der Waals surface area contributed by atoms with Crippen molar-refractivity contribution < 1.29 is 9.69 Å². The fourth-order valence-electron chi connectivity index (χ4n) is 3.22. The van der Waals surface area contributed by atoms with E-state index in [2.05, 4.69) is 22.3 Å². The van der Waals surface area contributed by atoms with E-state index in [4.69, 9.17) is 11.6 Å². The maximum absolute atomic E-state index is 12.4. The van der Waals surface area contributed by atoms with Gasteiger partial charge in [0, 0.05) is 16.4 Å². The maximum Gasteiger partial charge on any atom is 0.279 e. The minimum Gasteiger partial charge on any atom is -0.360 e. The van der Waals surface area contributed by atoms with Crippen LogP contribution in [0.4, 0.5) is 11.4 Å². The molecular weight excluding hydrogens is 334 g/mol. The van der Waals surface area contributed by atoms with Gasteiger partial charge in [-0.15, -0.1) is 0 Å². The molecule has 1 saturated heterocycles. The zero-order valence-electron chi connectivity index (χ0n) is 14.8. The van der Waals surface area contributed by atoms with Gasteiger partial charge in [-0.1, -0.05) is 29.8 Å². The second-order valence-electron chi connectivity index (χ2n) is 6.76. The minimum absolute atomic E-state index is 0.0832. The van der Waals surface area contributed by atoms with Crippen molar-refractivity contribution in [3.8, 4) is 0 Å². The van der Waals surface area contributed by atoms with Gasteiger partial charge in [0.2, 0.25) is 0 Å². The summed E-state index contributed by atoms with van der Waals surface area (Å²) in [6.45, 7) is 8.34. The number of rotatable bonds is 4. The highest BCUT2D eigenvalue weighted by molar-refractivity contribution is 6.30. The summed E-state index contributed by atoms with van der Waals surface area (Å²) in [5, 5.41) is 3.82. The third-order valence-corrected chi connectivity index (χ3v) is 4.96. The Balaban J connectivity index is 1.52. The van der Waals surface area contributed by atoms with Crippen LogP contribution in [-0.4, -0.2) is 38.6 Å². The molecule has 25 heavy (non-hydrogen) atoms. The van der Waals surface area contributed by atoms with E-state index in [-0.39, 0.29) is 5.91 Å². The van der Waals surface area contributed by atoms with Gasteiger partial charge in [0.05, 0.1) is 26.2 Å². The van der Waals surface area contributed by atoms with E-state index in [9.17, 15) is 4.79 Å². The largest absolute Gasteiger partial charge is 0.360 e. The van der Waals surface area contributed by atoms with Gasteiger partial charge < -0.3 is 15.1 Å². The van der Waals surface area contributed by atoms with Crippen LogP contribution in [0.5, 0.6) is 0 Å². The molecule has 0 radical (unpaired) electrons. The number of nitrogens with zero attached hydrogens (tertiary/aromatic N) is 1. The number of quaternary nitrogens is 1. The van der Waals surface area contributed by atoms with E-state index < -0.39 is 0 Å². The van der Waals surface area contributed by atoms with Crippen LogP contribution >= 0.6 is 11.6 Å². The van der Waals surface area contributed by atoms with Crippen LogP contribution in [0.3, 0.4) is 0 Å². The average molecular weight is 359 g/mol. The molecule has 2 aromatic carbocycles. The molecule has 0 aliphatic carbocycles. The number of carbonyl (C=O) groups is 1. The van der Waals surface area contributed by atoms with E-state index in [1.807, 2.05) is 44.2 Å². The Labute approximate surface area is 154 Å². The van der Waals surface area contributed by atoms with Gasteiger partial charge in [-0.2, -0.15) is 0 Å². The minimum atomic E-state index is 0.0832. The Hall–Kier alpha value is -2.04. The number of nitrogens with one attached hydrogen (secondary N) is 2. The van der Waals surface area contributed by atoms with E-state index >= 15 is 0 Å². The monoisotopic (exact) mass is 358 g/mol. The highest BCUT2D eigenvalue weighted by Gasteiger charge is 2.22. The lowest BCUT2D eigenvalue weighted by Gasteiger charge is -2.33. The lowest BCUT2D eigenvalue weighted by atomic mass is 10.1. The standard InChI is InChI=1S/C20H24ClN3O/c1-15-6-7-16(2)19(12-15)22-20(25)14-23-8-10-24(11-9-23)18-5-3-4-17(21)13-18/h3-7,12-13H,8-11,14H2,1-2H3,(H,22,25)/p+1. The fourth-order valence-corrected chi connectivity index (χ4v) is 3.41. The first-order valence-electron chi connectivity index (χ1n) is 8.72. The summed E-state index contributed by atoms with van der Waals surface area (Å²) >= 11 is 6.08. The maximum atomic E-state index is 12.4. The van der Waals surface area contributed by atoms with Crippen molar-refractivity contribution in [2.45, 2.75) is 13.8 Å². The summed E-state index contributed by atoms with van der Waals surface area (Å²) in [6.07, 6.45) is 0. The van der Waals surface area contributed by atoms with Crippen LogP contribution in [0, 0.1) is 13.8 Å². The molecule has 1 aliphatic rings. The molecule has 0 bridgehead atoms. The highest BCUT2D eigenvalue weighted by Crippen LogP contribution is 2.19. The smallest absolute Gasteiger partial charge is 0.279 e. The third kappa shape index (κ3) is 4.74. The van der Waals surface area contributed by atoms with Gasteiger partial charge in [-0.05, 0) is 49.2 Å². The molecular formula is C20H25ClN3O+. The number of aryl methyl sites for hydroxylation is 2. The molecule has 1 heterocycles. The summed E-state index contributed by atoms with van der Waals surface area (Å²) in [5.41, 5.74) is 4.33. The van der Waals surface area contributed by atoms with E-state index in [0.717, 1.165) is 53.7 Å². The number of hydrogen-bond acceptors (Lipinski definition) is 2. The molecule has 3 rings (SSSR count). The van der Waals surface area contributed by atoms with Gasteiger partial charge in [0.15, 0.2) is 6.54 Å². The second-order valence-corrected chi connectivity index (χ2v) is 7.20. The van der Waals surface area contributed by atoms with Gasteiger partial charge in [-0.25, -0.2) is 0 Å². The Bertz CT molecular complexity index is 754. The van der Waals surface area contributed by atoms with Gasteiger partial charge in [-0.3, -0.25) is 4.79 Å². The first-order valence-corrected chi connectivity index (χ1v) is 9.10. The van der Waals surface area contributed by atoms with Crippen LogP contribution in [0.1, 0.15) is 11.1 Å². The van der Waals surface area contributed by atoms with Gasteiger partial charge >= 0.3 is 0 Å². The normalized spacial score (nSPS) is 15.2. The zero-order valence-corrected chi connectivity index (χ0v) is 15.6. The number of hydrogen-bond donors (Lipinski definition) is 2. The molecule has 0 aromatic heterocycles. The van der Waals surface area contributed by atoms with E-state index in [0.29, 0.717) is 6.54 Å². The predicted octanol–water partition coefficient (Wildman–Crippen LogP) is 2.30. The molecule has 0 unspecified atom stereocenters. The summed E-state index contributed by atoms with van der Waals surface area (Å²) in [4.78, 5) is 16.0. The quantitative estimate of drug-likeness (QED) is 0.880. The first kappa shape index (κ1) is 17.8. The number of halogens is 1. The fraction of sp³-hybridized carbons (Fsp3) is 0.350. The number of piperazine rings is 1. The van der Waals surface area contributed by atoms with Crippen molar-refractivity contribution in [2.24, 2.45) is 0 Å². The summed E-state index contributed by atoms with van der Waals surface area (Å²) in [7, 11) is 0. The highest BCUT2D eigenvalue weighted by atomic mass is 35.5. The molecule has 1 fully saturated rings. The molecule has 0 atom stereocenters.